The maximum Gasteiger partial charge on any atom is 0.421 e. The standard InChI is InChI=1S/C29H32F3N7O3/c1-18-21(23-17-24(25-33-14-16-39(25)37-23)36-27(41)34-13-6-15-38(3)4)7-5-8-22(18)35-26(40)19-9-11-20(12-10-19)28(2,42)29(30,31)32/h5,7-12,14,16-17,42H,6,13,15H2,1-4H3,(H,35,40)(H2,34,36,41). The van der Waals surface area contributed by atoms with Crippen molar-refractivity contribution in [3.8, 4) is 11.3 Å². The molecule has 2 aromatic heterocycles. The van der Waals surface area contributed by atoms with E-state index in [1.807, 2.05) is 25.1 Å². The summed E-state index contributed by atoms with van der Waals surface area (Å²) in [5, 5.41) is 22.9. The van der Waals surface area contributed by atoms with Gasteiger partial charge in [0.2, 0.25) is 0 Å². The van der Waals surface area contributed by atoms with Gasteiger partial charge in [0.05, 0.1) is 11.4 Å². The molecule has 4 aromatic rings. The molecule has 0 spiro atoms. The van der Waals surface area contributed by atoms with Crippen LogP contribution in [0.15, 0.2) is 60.9 Å². The van der Waals surface area contributed by atoms with E-state index in [1.165, 1.54) is 12.1 Å². The second-order valence-corrected chi connectivity index (χ2v) is 10.3. The number of nitrogens with one attached hydrogen (secondary N) is 3. The Labute approximate surface area is 240 Å². The van der Waals surface area contributed by atoms with Crippen molar-refractivity contribution in [2.75, 3.05) is 37.8 Å². The van der Waals surface area contributed by atoms with E-state index in [4.69, 9.17) is 0 Å². The Balaban J connectivity index is 1.55. The van der Waals surface area contributed by atoms with Crippen LogP contribution in [0.1, 0.15) is 34.8 Å². The van der Waals surface area contributed by atoms with Crippen LogP contribution in [-0.2, 0) is 5.60 Å². The predicted molar refractivity (Wildman–Crippen MR) is 153 cm³/mol. The quantitative estimate of drug-likeness (QED) is 0.210. The third-order valence-electron chi connectivity index (χ3n) is 6.79. The molecule has 3 amide bonds. The molecule has 0 radical (unpaired) electrons. The lowest BCUT2D eigenvalue weighted by Crippen LogP contribution is -2.39. The van der Waals surface area contributed by atoms with Gasteiger partial charge in [0.15, 0.2) is 11.2 Å². The fourth-order valence-electron chi connectivity index (χ4n) is 4.26. The number of hydrogen-bond acceptors (Lipinski definition) is 6. The monoisotopic (exact) mass is 583 g/mol. The number of imidazole rings is 1. The maximum absolute atomic E-state index is 13.2. The van der Waals surface area contributed by atoms with Crippen LogP contribution in [0.25, 0.3) is 16.9 Å². The Morgan fingerprint density at radius 1 is 1.05 bits per heavy atom. The number of amides is 3. The molecule has 0 bridgehead atoms. The van der Waals surface area contributed by atoms with Gasteiger partial charge in [-0.1, -0.05) is 24.3 Å². The van der Waals surface area contributed by atoms with Crippen molar-refractivity contribution in [2.24, 2.45) is 0 Å². The average molecular weight is 584 g/mol. The number of fused-ring (bicyclic) bond motifs is 1. The highest BCUT2D eigenvalue weighted by atomic mass is 19.4. The maximum atomic E-state index is 13.2. The van der Waals surface area contributed by atoms with E-state index < -0.39 is 17.7 Å². The van der Waals surface area contributed by atoms with E-state index in [2.05, 4.69) is 26.0 Å². The number of alkyl halides is 3. The summed E-state index contributed by atoms with van der Waals surface area (Å²) in [6, 6.07) is 11.1. The molecule has 1 atom stereocenters. The molecule has 13 heteroatoms. The van der Waals surface area contributed by atoms with E-state index in [-0.39, 0.29) is 17.2 Å². The Kier molecular flexibility index (Phi) is 8.83. The summed E-state index contributed by atoms with van der Waals surface area (Å²) in [6.07, 6.45) is -0.862. The first-order valence-electron chi connectivity index (χ1n) is 13.1. The number of carbonyl (C=O) groups is 2. The van der Waals surface area contributed by atoms with Crippen molar-refractivity contribution < 1.29 is 27.9 Å². The molecule has 42 heavy (non-hydrogen) atoms. The highest BCUT2D eigenvalue weighted by Gasteiger charge is 2.51. The third kappa shape index (κ3) is 6.69. The van der Waals surface area contributed by atoms with E-state index in [0.717, 1.165) is 25.1 Å². The lowest BCUT2D eigenvalue weighted by Gasteiger charge is -2.26. The third-order valence-corrected chi connectivity index (χ3v) is 6.79. The normalized spacial score (nSPS) is 13.2. The first-order valence-corrected chi connectivity index (χ1v) is 13.1. The van der Waals surface area contributed by atoms with Crippen molar-refractivity contribution in [1.29, 1.82) is 0 Å². The van der Waals surface area contributed by atoms with Gasteiger partial charge < -0.3 is 26.0 Å². The summed E-state index contributed by atoms with van der Waals surface area (Å²) in [7, 11) is 3.92. The largest absolute Gasteiger partial charge is 0.421 e. The lowest BCUT2D eigenvalue weighted by atomic mass is 9.94. The number of benzene rings is 2. The molecule has 4 N–H and O–H groups in total. The number of aliphatic hydroxyl groups is 1. The summed E-state index contributed by atoms with van der Waals surface area (Å²) >= 11 is 0. The van der Waals surface area contributed by atoms with Gasteiger partial charge in [-0.3, -0.25) is 4.79 Å². The molecular weight excluding hydrogens is 551 g/mol. The molecule has 0 saturated carbocycles. The minimum atomic E-state index is -4.87. The number of rotatable bonds is 9. The molecule has 2 aromatic carbocycles. The average Bonchev–Trinajstić information content (AvgIpc) is 3.41. The predicted octanol–water partition coefficient (Wildman–Crippen LogP) is 4.80. The molecule has 4 rings (SSSR count). The number of aromatic nitrogens is 3. The fourth-order valence-corrected chi connectivity index (χ4v) is 4.26. The molecule has 10 nitrogen and oxygen atoms in total. The van der Waals surface area contributed by atoms with Crippen LogP contribution in [0.4, 0.5) is 29.3 Å². The molecule has 2 heterocycles. The van der Waals surface area contributed by atoms with E-state index in [0.29, 0.717) is 47.3 Å². The first kappa shape index (κ1) is 30.5. The zero-order valence-corrected chi connectivity index (χ0v) is 23.6. The fraction of sp³-hybridized carbons (Fsp3) is 0.310. The zero-order chi connectivity index (χ0) is 30.7. The van der Waals surface area contributed by atoms with Crippen molar-refractivity contribution in [1.82, 2.24) is 24.8 Å². The highest BCUT2D eigenvalue weighted by molar-refractivity contribution is 6.05. The Morgan fingerprint density at radius 2 is 1.76 bits per heavy atom. The second-order valence-electron chi connectivity index (χ2n) is 10.3. The Morgan fingerprint density at radius 3 is 2.43 bits per heavy atom. The van der Waals surface area contributed by atoms with Gasteiger partial charge in [0, 0.05) is 35.8 Å². The number of halogens is 3. The van der Waals surface area contributed by atoms with Crippen LogP contribution in [-0.4, -0.2) is 69.9 Å². The zero-order valence-electron chi connectivity index (χ0n) is 23.6. The topological polar surface area (TPSA) is 124 Å². The number of urea groups is 1. The van der Waals surface area contributed by atoms with Crippen LogP contribution in [0.2, 0.25) is 0 Å². The van der Waals surface area contributed by atoms with E-state index in [1.54, 1.807) is 42.0 Å². The van der Waals surface area contributed by atoms with Crippen LogP contribution in [0.5, 0.6) is 0 Å². The van der Waals surface area contributed by atoms with Crippen molar-refractivity contribution in [2.45, 2.75) is 32.0 Å². The molecule has 222 valence electrons. The molecule has 0 saturated heterocycles. The van der Waals surface area contributed by atoms with E-state index in [9.17, 15) is 27.9 Å². The van der Waals surface area contributed by atoms with Gasteiger partial charge >= 0.3 is 12.2 Å². The summed E-state index contributed by atoms with van der Waals surface area (Å²) in [5.74, 6) is -0.542. The van der Waals surface area contributed by atoms with E-state index >= 15 is 0 Å². The van der Waals surface area contributed by atoms with Gasteiger partial charge in [-0.15, -0.1) is 0 Å². The number of carbonyl (C=O) groups excluding carboxylic acids is 2. The van der Waals surface area contributed by atoms with Gasteiger partial charge in [-0.05, 0) is 76.3 Å². The number of nitrogens with zero attached hydrogens (tertiary/aromatic N) is 4. The van der Waals surface area contributed by atoms with Gasteiger partial charge in [-0.25, -0.2) is 14.3 Å². The second kappa shape index (κ2) is 12.2. The first-order chi connectivity index (χ1) is 19.8. The van der Waals surface area contributed by atoms with Gasteiger partial charge in [0.25, 0.3) is 5.91 Å². The number of anilines is 2. The smallest absolute Gasteiger partial charge is 0.376 e. The Hall–Kier alpha value is -4.49. The van der Waals surface area contributed by atoms with Crippen molar-refractivity contribution in [3.05, 3.63) is 77.6 Å². The van der Waals surface area contributed by atoms with Crippen LogP contribution in [0.3, 0.4) is 0 Å². The van der Waals surface area contributed by atoms with Crippen LogP contribution >= 0.6 is 0 Å². The van der Waals surface area contributed by atoms with Crippen LogP contribution in [0, 0.1) is 6.92 Å². The van der Waals surface area contributed by atoms with Crippen molar-refractivity contribution >= 4 is 29.0 Å². The van der Waals surface area contributed by atoms with Crippen molar-refractivity contribution in [3.63, 3.8) is 0 Å². The summed E-state index contributed by atoms with van der Waals surface area (Å²) < 4.78 is 41.0. The molecule has 0 fully saturated rings. The molecule has 0 aliphatic rings. The molecule has 1 unspecified atom stereocenters. The molecular formula is C29H32F3N7O3. The Bertz CT molecular complexity index is 1580. The SMILES string of the molecule is Cc1c(NC(=O)c2ccc(C(C)(O)C(F)(F)F)cc2)cccc1-c1cc(NC(=O)NCCCN(C)C)c2nccn2n1. The molecule has 0 aliphatic heterocycles. The van der Waals surface area contributed by atoms with Gasteiger partial charge in [0.1, 0.15) is 0 Å². The minimum Gasteiger partial charge on any atom is -0.376 e. The lowest BCUT2D eigenvalue weighted by molar-refractivity contribution is -0.258. The minimum absolute atomic E-state index is 0.113. The summed E-state index contributed by atoms with van der Waals surface area (Å²) in [4.78, 5) is 31.8. The number of hydrogen-bond donors (Lipinski definition) is 4. The summed E-state index contributed by atoms with van der Waals surface area (Å²) in [5.41, 5.74) is -0.0873. The summed E-state index contributed by atoms with van der Waals surface area (Å²) in [6.45, 7) is 3.78. The van der Waals surface area contributed by atoms with Gasteiger partial charge in [-0.2, -0.15) is 18.3 Å². The van der Waals surface area contributed by atoms with Crippen LogP contribution < -0.4 is 16.0 Å². The molecule has 0 aliphatic carbocycles. The highest BCUT2D eigenvalue weighted by Crippen LogP contribution is 2.38.